The van der Waals surface area contributed by atoms with Crippen LogP contribution in [0.4, 0.5) is 0 Å². The van der Waals surface area contributed by atoms with Crippen LogP contribution >= 0.6 is 0 Å². The van der Waals surface area contributed by atoms with Gasteiger partial charge in [0.25, 0.3) is 0 Å². The summed E-state index contributed by atoms with van der Waals surface area (Å²) in [7, 11) is 2.03. The van der Waals surface area contributed by atoms with Crippen LogP contribution in [0.1, 0.15) is 23.6 Å². The molecule has 0 spiro atoms. The Balaban J connectivity index is 1.98. The maximum Gasteiger partial charge on any atom is 0.0522 e. The summed E-state index contributed by atoms with van der Waals surface area (Å²) in [5.74, 6) is 0. The average Bonchev–Trinajstić information content (AvgIpc) is 2.88. The molecule has 0 fully saturated rings. The molecule has 1 atom stereocenters. The molecule has 0 saturated carbocycles. The lowest BCUT2D eigenvalue weighted by molar-refractivity contribution is 0.556. The number of likely N-dealkylation sites (N-methyl/N-ethyl adjacent to an activating group) is 1. The molecule has 1 aromatic carbocycles. The van der Waals surface area contributed by atoms with E-state index in [1.807, 2.05) is 17.9 Å². The van der Waals surface area contributed by atoms with Gasteiger partial charge in [-0.1, -0.05) is 29.8 Å². The second-order valence-corrected chi connectivity index (χ2v) is 5.08. The summed E-state index contributed by atoms with van der Waals surface area (Å²) in [6.07, 6.45) is 6.18. The van der Waals surface area contributed by atoms with Crippen LogP contribution in [-0.2, 0) is 19.4 Å². The fourth-order valence-electron chi connectivity index (χ4n) is 2.25. The van der Waals surface area contributed by atoms with Gasteiger partial charge in [0, 0.05) is 18.8 Å². The third kappa shape index (κ3) is 3.93. The molecule has 0 bridgehead atoms. The molecule has 0 aliphatic heterocycles. The summed E-state index contributed by atoms with van der Waals surface area (Å²) in [5.41, 5.74) is 4.00. The summed E-state index contributed by atoms with van der Waals surface area (Å²) >= 11 is 0. The molecule has 0 amide bonds. The fourth-order valence-corrected chi connectivity index (χ4v) is 2.25. The van der Waals surface area contributed by atoms with E-state index in [4.69, 9.17) is 0 Å². The van der Waals surface area contributed by atoms with Crippen molar-refractivity contribution in [1.82, 2.24) is 15.1 Å². The van der Waals surface area contributed by atoms with Gasteiger partial charge in [-0.25, -0.2) is 0 Å². The van der Waals surface area contributed by atoms with E-state index < -0.39 is 0 Å². The largest absolute Gasteiger partial charge is 0.316 e. The van der Waals surface area contributed by atoms with E-state index in [1.165, 1.54) is 16.7 Å². The van der Waals surface area contributed by atoms with Crippen molar-refractivity contribution in [2.75, 3.05) is 7.05 Å². The number of aromatic nitrogens is 2. The van der Waals surface area contributed by atoms with Crippen molar-refractivity contribution in [2.24, 2.45) is 0 Å². The third-order valence-corrected chi connectivity index (χ3v) is 3.50. The average molecular weight is 257 g/mol. The molecule has 1 N–H and O–H groups in total. The van der Waals surface area contributed by atoms with Gasteiger partial charge >= 0.3 is 0 Å². The Morgan fingerprint density at radius 3 is 2.42 bits per heavy atom. The lowest BCUT2D eigenvalue weighted by Crippen LogP contribution is -2.29. The summed E-state index contributed by atoms with van der Waals surface area (Å²) in [6, 6.07) is 9.25. The molecule has 19 heavy (non-hydrogen) atoms. The molecular weight excluding hydrogens is 234 g/mol. The molecule has 0 saturated heterocycles. The first-order valence-corrected chi connectivity index (χ1v) is 6.95. The molecule has 1 heterocycles. The summed E-state index contributed by atoms with van der Waals surface area (Å²) in [6.45, 7) is 5.17. The van der Waals surface area contributed by atoms with Gasteiger partial charge in [0.05, 0.1) is 6.20 Å². The van der Waals surface area contributed by atoms with Gasteiger partial charge in [0.15, 0.2) is 0 Å². The van der Waals surface area contributed by atoms with Crippen molar-refractivity contribution in [3.8, 4) is 0 Å². The first-order chi connectivity index (χ1) is 9.21. The number of benzene rings is 1. The first kappa shape index (κ1) is 13.8. The highest BCUT2D eigenvalue weighted by Gasteiger charge is 2.09. The van der Waals surface area contributed by atoms with Crippen LogP contribution in [0.3, 0.4) is 0 Å². The van der Waals surface area contributed by atoms with Crippen LogP contribution in [-0.4, -0.2) is 22.9 Å². The molecule has 102 valence electrons. The van der Waals surface area contributed by atoms with Gasteiger partial charge in [-0.15, -0.1) is 0 Å². The van der Waals surface area contributed by atoms with Crippen LogP contribution in [0.25, 0.3) is 0 Å². The summed E-state index contributed by atoms with van der Waals surface area (Å²) in [4.78, 5) is 0. The number of nitrogens with zero attached hydrogens (tertiary/aromatic N) is 2. The minimum atomic E-state index is 0.456. The molecule has 1 aromatic heterocycles. The number of aryl methyl sites for hydroxylation is 2. The van der Waals surface area contributed by atoms with E-state index >= 15 is 0 Å². The molecule has 3 nitrogen and oxygen atoms in total. The Hall–Kier alpha value is -1.61. The zero-order valence-electron chi connectivity index (χ0n) is 12.1. The van der Waals surface area contributed by atoms with Gasteiger partial charge in [0.2, 0.25) is 0 Å². The molecule has 0 aliphatic rings. The highest BCUT2D eigenvalue weighted by Crippen LogP contribution is 2.10. The highest BCUT2D eigenvalue weighted by atomic mass is 15.3. The maximum absolute atomic E-state index is 4.33. The Labute approximate surface area is 115 Å². The van der Waals surface area contributed by atoms with E-state index in [0.717, 1.165) is 19.4 Å². The van der Waals surface area contributed by atoms with Gasteiger partial charge in [0.1, 0.15) is 0 Å². The van der Waals surface area contributed by atoms with Gasteiger partial charge in [-0.3, -0.25) is 4.68 Å². The highest BCUT2D eigenvalue weighted by molar-refractivity contribution is 5.22. The predicted molar refractivity (Wildman–Crippen MR) is 79.3 cm³/mol. The van der Waals surface area contributed by atoms with E-state index in [9.17, 15) is 0 Å². The van der Waals surface area contributed by atoms with Crippen LogP contribution in [0.15, 0.2) is 36.7 Å². The normalized spacial score (nSPS) is 12.6. The van der Waals surface area contributed by atoms with Crippen molar-refractivity contribution in [1.29, 1.82) is 0 Å². The lowest BCUT2D eigenvalue weighted by Gasteiger charge is -2.15. The third-order valence-electron chi connectivity index (χ3n) is 3.50. The Bertz CT molecular complexity index is 499. The number of rotatable bonds is 6. The number of nitrogens with one attached hydrogen (secondary N) is 1. The topological polar surface area (TPSA) is 29.9 Å². The van der Waals surface area contributed by atoms with Gasteiger partial charge in [-0.05, 0) is 44.9 Å². The van der Waals surface area contributed by atoms with Gasteiger partial charge in [-0.2, -0.15) is 5.10 Å². The fraction of sp³-hybridized carbons (Fsp3) is 0.438. The van der Waals surface area contributed by atoms with Crippen molar-refractivity contribution in [2.45, 2.75) is 39.3 Å². The predicted octanol–water partition coefficient (Wildman–Crippen LogP) is 2.58. The van der Waals surface area contributed by atoms with Crippen molar-refractivity contribution in [3.05, 3.63) is 53.3 Å². The zero-order valence-corrected chi connectivity index (χ0v) is 12.1. The number of hydrogen-bond acceptors (Lipinski definition) is 2. The monoisotopic (exact) mass is 257 g/mol. The minimum Gasteiger partial charge on any atom is -0.316 e. The van der Waals surface area contributed by atoms with E-state index in [2.05, 4.69) is 54.7 Å². The standard InChI is InChI=1S/C16H23N3/c1-4-19-12-15(11-18-19)10-16(17-3)9-14-7-5-13(2)6-8-14/h5-8,11-12,16-17H,4,9-10H2,1-3H3. The molecule has 2 aromatic rings. The van der Waals surface area contributed by atoms with Crippen LogP contribution in [0, 0.1) is 6.92 Å². The van der Waals surface area contributed by atoms with Crippen LogP contribution < -0.4 is 5.32 Å². The van der Waals surface area contributed by atoms with E-state index in [1.54, 1.807) is 0 Å². The summed E-state index contributed by atoms with van der Waals surface area (Å²) in [5, 5.41) is 7.73. The quantitative estimate of drug-likeness (QED) is 0.862. The van der Waals surface area contributed by atoms with Crippen molar-refractivity contribution >= 4 is 0 Å². The Morgan fingerprint density at radius 1 is 1.16 bits per heavy atom. The first-order valence-electron chi connectivity index (χ1n) is 6.95. The van der Waals surface area contributed by atoms with Crippen molar-refractivity contribution < 1.29 is 0 Å². The van der Waals surface area contributed by atoms with E-state index in [0.29, 0.717) is 6.04 Å². The second kappa shape index (κ2) is 6.53. The lowest BCUT2D eigenvalue weighted by atomic mass is 10.00. The van der Waals surface area contributed by atoms with Crippen LogP contribution in [0.2, 0.25) is 0 Å². The molecule has 2 rings (SSSR count). The second-order valence-electron chi connectivity index (χ2n) is 5.08. The van der Waals surface area contributed by atoms with E-state index in [-0.39, 0.29) is 0 Å². The Kier molecular flexibility index (Phi) is 4.74. The molecule has 1 unspecified atom stereocenters. The van der Waals surface area contributed by atoms with Crippen LogP contribution in [0.5, 0.6) is 0 Å². The molecular formula is C16H23N3. The smallest absolute Gasteiger partial charge is 0.0522 e. The van der Waals surface area contributed by atoms with Crippen molar-refractivity contribution in [3.63, 3.8) is 0 Å². The van der Waals surface area contributed by atoms with Gasteiger partial charge < -0.3 is 5.32 Å². The molecule has 0 radical (unpaired) electrons. The summed E-state index contributed by atoms with van der Waals surface area (Å²) < 4.78 is 1.98. The minimum absolute atomic E-state index is 0.456. The SMILES string of the molecule is CCn1cc(CC(Cc2ccc(C)cc2)NC)cn1. The maximum atomic E-state index is 4.33. The number of hydrogen-bond donors (Lipinski definition) is 1. The Morgan fingerprint density at radius 2 is 1.84 bits per heavy atom. The zero-order chi connectivity index (χ0) is 13.7. The molecule has 0 aliphatic carbocycles. The molecule has 3 heteroatoms.